The fraction of sp³-hybridized carbons (Fsp3) is 0.562. The van der Waals surface area contributed by atoms with Gasteiger partial charge in [-0.25, -0.2) is 8.42 Å². The third-order valence-corrected chi connectivity index (χ3v) is 10.7. The van der Waals surface area contributed by atoms with Crippen LogP contribution in [0, 0.1) is 24.7 Å². The Morgan fingerprint density at radius 1 is 0.950 bits per heavy atom. The van der Waals surface area contributed by atoms with Crippen LogP contribution < -0.4 is 9.62 Å². The van der Waals surface area contributed by atoms with Gasteiger partial charge in [0.05, 0.1) is 11.9 Å². The number of aryl methyl sites for hydroxylation is 1. The third kappa shape index (κ3) is 5.78. The van der Waals surface area contributed by atoms with Crippen LogP contribution in [0.15, 0.2) is 48.5 Å². The lowest BCUT2D eigenvalue weighted by molar-refractivity contribution is -0.140. The Morgan fingerprint density at radius 3 is 1.98 bits per heavy atom. The quantitative estimate of drug-likeness (QED) is 0.449. The zero-order valence-electron chi connectivity index (χ0n) is 24.2. The summed E-state index contributed by atoms with van der Waals surface area (Å²) in [6.45, 7) is 3.69. The van der Waals surface area contributed by atoms with Crippen LogP contribution >= 0.6 is 0 Å². The predicted octanol–water partition coefficient (Wildman–Crippen LogP) is 4.78. The van der Waals surface area contributed by atoms with Crippen LogP contribution in [-0.4, -0.2) is 51.0 Å². The first-order valence-corrected chi connectivity index (χ1v) is 16.5. The predicted molar refractivity (Wildman–Crippen MR) is 158 cm³/mol. The van der Waals surface area contributed by atoms with E-state index < -0.39 is 22.0 Å². The second kappa shape index (κ2) is 11.2. The molecule has 8 heteroatoms. The maximum absolute atomic E-state index is 13.8. The van der Waals surface area contributed by atoms with Gasteiger partial charge in [-0.1, -0.05) is 48.9 Å². The molecule has 6 rings (SSSR count). The van der Waals surface area contributed by atoms with Gasteiger partial charge in [-0.3, -0.25) is 13.9 Å². The van der Waals surface area contributed by atoms with Crippen LogP contribution in [0.5, 0.6) is 0 Å². The highest BCUT2D eigenvalue weighted by Crippen LogP contribution is 2.60. The first kappa shape index (κ1) is 28.7. The molecule has 0 aliphatic heterocycles. The molecule has 1 unspecified atom stereocenters. The Morgan fingerprint density at radius 2 is 1.50 bits per heavy atom. The lowest BCUT2D eigenvalue weighted by Gasteiger charge is -2.57. The summed E-state index contributed by atoms with van der Waals surface area (Å²) < 4.78 is 27.2. The van der Waals surface area contributed by atoms with E-state index >= 15 is 0 Å². The van der Waals surface area contributed by atoms with E-state index in [4.69, 9.17) is 0 Å². The highest BCUT2D eigenvalue weighted by atomic mass is 32.2. The number of hydrogen-bond acceptors (Lipinski definition) is 4. The van der Waals surface area contributed by atoms with Crippen LogP contribution in [0.3, 0.4) is 0 Å². The van der Waals surface area contributed by atoms with E-state index in [0.29, 0.717) is 12.1 Å². The van der Waals surface area contributed by atoms with E-state index in [9.17, 15) is 18.0 Å². The van der Waals surface area contributed by atoms with Gasteiger partial charge in [0, 0.05) is 13.6 Å². The molecule has 4 aliphatic carbocycles. The smallest absolute Gasteiger partial charge is 0.244 e. The third-order valence-electron chi connectivity index (χ3n) is 9.59. The minimum Gasteiger partial charge on any atom is -0.357 e. The van der Waals surface area contributed by atoms with Crippen molar-refractivity contribution < 1.29 is 18.0 Å². The van der Waals surface area contributed by atoms with Crippen molar-refractivity contribution in [2.75, 3.05) is 24.2 Å². The van der Waals surface area contributed by atoms with Gasteiger partial charge in [-0.15, -0.1) is 0 Å². The maximum Gasteiger partial charge on any atom is 0.244 e. The van der Waals surface area contributed by atoms with Crippen LogP contribution in [0.25, 0.3) is 0 Å². The Kier molecular flexibility index (Phi) is 8.01. The molecule has 4 saturated carbocycles. The van der Waals surface area contributed by atoms with Gasteiger partial charge in [0.2, 0.25) is 21.8 Å². The summed E-state index contributed by atoms with van der Waals surface area (Å²) in [6.07, 6.45) is 9.36. The molecular formula is C32H43N3O4S. The van der Waals surface area contributed by atoms with Gasteiger partial charge in [-0.2, -0.15) is 0 Å². The van der Waals surface area contributed by atoms with Crippen molar-refractivity contribution >= 4 is 27.5 Å². The Bertz CT molecular complexity index is 1300. The molecule has 7 nitrogen and oxygen atoms in total. The molecule has 0 heterocycles. The van der Waals surface area contributed by atoms with E-state index in [2.05, 4.69) is 17.4 Å². The molecule has 4 aliphatic rings. The van der Waals surface area contributed by atoms with Gasteiger partial charge < -0.3 is 10.2 Å². The molecule has 0 radical (unpaired) electrons. The number of hydrogen-bond donors (Lipinski definition) is 1. The van der Waals surface area contributed by atoms with E-state index in [1.54, 1.807) is 7.05 Å². The number of nitrogens with zero attached hydrogens (tertiary/aromatic N) is 2. The number of anilines is 1. The average molecular weight is 566 g/mol. The van der Waals surface area contributed by atoms with Gasteiger partial charge in [0.1, 0.15) is 12.6 Å². The highest BCUT2D eigenvalue weighted by Gasteiger charge is 2.51. The minimum atomic E-state index is -3.76. The lowest BCUT2D eigenvalue weighted by Crippen LogP contribution is -2.51. The molecule has 2 aromatic carbocycles. The van der Waals surface area contributed by atoms with Crippen LogP contribution in [0.1, 0.15) is 68.6 Å². The lowest BCUT2D eigenvalue weighted by atomic mass is 9.48. The van der Waals surface area contributed by atoms with Gasteiger partial charge >= 0.3 is 0 Å². The van der Waals surface area contributed by atoms with Gasteiger partial charge in [0.25, 0.3) is 0 Å². The number of carbonyl (C=O) groups is 2. The van der Waals surface area contributed by atoms with E-state index in [1.165, 1.54) is 53.3 Å². The first-order valence-electron chi connectivity index (χ1n) is 14.7. The SMILES string of the molecule is CCC(C(=O)NC)N(Cc1ccc(C)cc1)C(=O)CN(c1ccc(C23CC4CC(CC(C4)C2)C3)cc1)S(C)(=O)=O. The normalized spacial score (nSPS) is 25.9. The van der Waals surface area contributed by atoms with Crippen molar-refractivity contribution in [1.29, 1.82) is 0 Å². The molecule has 1 atom stereocenters. The number of amides is 2. The molecule has 2 amide bonds. The Balaban J connectivity index is 1.40. The number of sulfonamides is 1. The number of likely N-dealkylation sites (N-methyl/N-ethyl adjacent to an activating group) is 1. The summed E-state index contributed by atoms with van der Waals surface area (Å²) in [5, 5.41) is 2.66. The molecule has 0 saturated heterocycles. The first-order chi connectivity index (χ1) is 19.0. The van der Waals surface area contributed by atoms with Gasteiger partial charge in [0.15, 0.2) is 0 Å². The molecule has 216 valence electrons. The highest BCUT2D eigenvalue weighted by molar-refractivity contribution is 7.92. The number of carbonyl (C=O) groups excluding carboxylic acids is 2. The van der Waals surface area contributed by atoms with Crippen molar-refractivity contribution in [2.24, 2.45) is 17.8 Å². The van der Waals surface area contributed by atoms with Crippen molar-refractivity contribution in [2.45, 2.75) is 76.8 Å². The fourth-order valence-electron chi connectivity index (χ4n) is 8.04. The van der Waals surface area contributed by atoms with Crippen molar-refractivity contribution in [3.8, 4) is 0 Å². The van der Waals surface area contributed by atoms with Crippen LogP contribution in [0.4, 0.5) is 5.69 Å². The summed E-state index contributed by atoms with van der Waals surface area (Å²) in [6, 6.07) is 15.0. The fourth-order valence-corrected chi connectivity index (χ4v) is 8.89. The molecule has 40 heavy (non-hydrogen) atoms. The summed E-state index contributed by atoms with van der Waals surface area (Å²) >= 11 is 0. The standard InChI is InChI=1S/C32H43N3O4S/c1-5-29(31(37)33-3)34(20-23-8-6-22(2)7-9-23)30(36)21-35(40(4,38)39)28-12-10-27(11-13-28)32-17-24-14-25(18-32)16-26(15-24)19-32/h6-13,24-26,29H,5,14-21H2,1-4H3,(H,33,37). The van der Waals surface area contributed by atoms with Crippen LogP contribution in [-0.2, 0) is 31.6 Å². The monoisotopic (exact) mass is 565 g/mol. The van der Waals surface area contributed by atoms with Crippen LogP contribution in [0.2, 0.25) is 0 Å². The maximum atomic E-state index is 13.8. The second-order valence-electron chi connectivity index (χ2n) is 12.6. The average Bonchev–Trinajstić information content (AvgIpc) is 2.91. The molecule has 4 bridgehead atoms. The van der Waals surface area contributed by atoms with Crippen molar-refractivity contribution in [3.05, 3.63) is 65.2 Å². The Labute approximate surface area is 239 Å². The number of benzene rings is 2. The molecule has 2 aromatic rings. The summed E-state index contributed by atoms with van der Waals surface area (Å²) in [5.74, 6) is 1.78. The summed E-state index contributed by atoms with van der Waals surface area (Å²) in [7, 11) is -2.21. The second-order valence-corrected chi connectivity index (χ2v) is 14.5. The summed E-state index contributed by atoms with van der Waals surface area (Å²) in [4.78, 5) is 28.1. The van der Waals surface area contributed by atoms with E-state index in [0.717, 1.165) is 35.1 Å². The molecule has 1 N–H and O–H groups in total. The largest absolute Gasteiger partial charge is 0.357 e. The molecule has 0 spiro atoms. The molecule has 4 fully saturated rings. The summed E-state index contributed by atoms with van der Waals surface area (Å²) in [5.41, 5.74) is 3.98. The van der Waals surface area contributed by atoms with E-state index in [-0.39, 0.29) is 24.4 Å². The van der Waals surface area contributed by atoms with Gasteiger partial charge in [-0.05, 0) is 98.3 Å². The van der Waals surface area contributed by atoms with E-state index in [1.807, 2.05) is 50.2 Å². The minimum absolute atomic E-state index is 0.214. The topological polar surface area (TPSA) is 86.8 Å². The molecule has 0 aromatic heterocycles. The zero-order chi connectivity index (χ0) is 28.7. The van der Waals surface area contributed by atoms with Crippen molar-refractivity contribution in [1.82, 2.24) is 10.2 Å². The number of nitrogens with one attached hydrogen (secondary N) is 1. The number of rotatable bonds is 10. The van der Waals surface area contributed by atoms with Crippen molar-refractivity contribution in [3.63, 3.8) is 0 Å². The molecular weight excluding hydrogens is 522 g/mol. The zero-order valence-corrected chi connectivity index (χ0v) is 25.0. The Hall–Kier alpha value is -2.87.